The Morgan fingerprint density at radius 1 is 1.12 bits per heavy atom. The third kappa shape index (κ3) is 6.00. The van der Waals surface area contributed by atoms with Gasteiger partial charge in [0.15, 0.2) is 0 Å². The van der Waals surface area contributed by atoms with E-state index in [-0.39, 0.29) is 12.3 Å². The molecule has 0 unspecified atom stereocenters. The molecule has 3 amide bonds. The molecule has 0 saturated heterocycles. The van der Waals surface area contributed by atoms with Gasteiger partial charge in [-0.15, -0.1) is 0 Å². The quantitative estimate of drug-likeness (QED) is 0.729. The van der Waals surface area contributed by atoms with Crippen molar-refractivity contribution in [2.45, 2.75) is 19.9 Å². The molecule has 4 N–H and O–H groups in total. The Labute approximate surface area is 141 Å². The second kappa shape index (κ2) is 8.57. The number of carbonyl (C=O) groups excluding carboxylic acids is 2. The average Bonchev–Trinajstić information content (AvgIpc) is 2.54. The van der Waals surface area contributed by atoms with E-state index in [9.17, 15) is 9.59 Å². The highest BCUT2D eigenvalue weighted by Crippen LogP contribution is 2.12. The molecular weight excluding hydrogens is 306 g/mol. The molecule has 0 aromatic heterocycles. The Hall–Kier alpha value is -3.02. The van der Waals surface area contributed by atoms with Crippen LogP contribution in [0.5, 0.6) is 5.75 Å². The van der Waals surface area contributed by atoms with Gasteiger partial charge < -0.3 is 21.1 Å². The Morgan fingerprint density at radius 3 is 2.54 bits per heavy atom. The van der Waals surface area contributed by atoms with Crippen molar-refractivity contribution in [3.05, 3.63) is 59.7 Å². The minimum absolute atomic E-state index is 0.0815. The van der Waals surface area contributed by atoms with Crippen LogP contribution in [0.2, 0.25) is 0 Å². The molecule has 0 radical (unpaired) electrons. The number of amides is 3. The lowest BCUT2D eigenvalue weighted by atomic mass is 10.2. The first-order chi connectivity index (χ1) is 11.5. The number of anilines is 1. The summed E-state index contributed by atoms with van der Waals surface area (Å²) in [5, 5.41) is 5.31. The molecular formula is C18H21N3O3. The first kappa shape index (κ1) is 17.3. The Morgan fingerprint density at radius 2 is 1.88 bits per heavy atom. The summed E-state index contributed by atoms with van der Waals surface area (Å²) in [5.74, 6) is 0.683. The molecule has 6 nitrogen and oxygen atoms in total. The lowest BCUT2D eigenvalue weighted by molar-refractivity contribution is -0.121. The Bertz CT molecular complexity index is 699. The number of nitrogens with two attached hydrogens (primary N) is 1. The van der Waals surface area contributed by atoms with Crippen molar-refractivity contribution in [1.29, 1.82) is 0 Å². The van der Waals surface area contributed by atoms with Crippen LogP contribution in [-0.4, -0.2) is 18.5 Å². The number of urea groups is 1. The number of rotatable bonds is 7. The lowest BCUT2D eigenvalue weighted by Crippen LogP contribution is -2.24. The van der Waals surface area contributed by atoms with Gasteiger partial charge in [-0.1, -0.05) is 24.3 Å². The number of primary amides is 1. The van der Waals surface area contributed by atoms with Gasteiger partial charge in [-0.05, 0) is 42.3 Å². The molecule has 0 atom stereocenters. The van der Waals surface area contributed by atoms with Crippen LogP contribution in [0.1, 0.15) is 17.5 Å². The maximum Gasteiger partial charge on any atom is 0.316 e. The summed E-state index contributed by atoms with van der Waals surface area (Å²) in [6, 6.07) is 14.2. The van der Waals surface area contributed by atoms with E-state index in [0.29, 0.717) is 18.8 Å². The van der Waals surface area contributed by atoms with E-state index in [2.05, 4.69) is 10.6 Å². The highest BCUT2D eigenvalue weighted by molar-refractivity contribution is 5.87. The molecule has 0 aliphatic rings. The second-order valence-corrected chi connectivity index (χ2v) is 5.38. The summed E-state index contributed by atoms with van der Waals surface area (Å²) >= 11 is 0. The first-order valence-electron chi connectivity index (χ1n) is 7.64. The van der Waals surface area contributed by atoms with Gasteiger partial charge in [-0.25, -0.2) is 4.79 Å². The van der Waals surface area contributed by atoms with Crippen molar-refractivity contribution < 1.29 is 14.3 Å². The molecule has 2 aromatic carbocycles. The number of aryl methyl sites for hydroxylation is 1. The van der Waals surface area contributed by atoms with Crippen LogP contribution in [0.4, 0.5) is 10.5 Å². The molecule has 0 fully saturated rings. The van der Waals surface area contributed by atoms with Gasteiger partial charge in [-0.3, -0.25) is 4.79 Å². The molecule has 0 spiro atoms. The van der Waals surface area contributed by atoms with Crippen LogP contribution in [0, 0.1) is 6.92 Å². The van der Waals surface area contributed by atoms with Gasteiger partial charge in [-0.2, -0.15) is 0 Å². The first-order valence-corrected chi connectivity index (χ1v) is 7.64. The van der Waals surface area contributed by atoms with E-state index < -0.39 is 6.03 Å². The van der Waals surface area contributed by atoms with Crippen LogP contribution < -0.4 is 21.1 Å². The number of ether oxygens (including phenoxy) is 1. The van der Waals surface area contributed by atoms with E-state index in [1.165, 1.54) is 0 Å². The fourth-order valence-electron chi connectivity index (χ4n) is 2.10. The third-order valence-corrected chi connectivity index (χ3v) is 3.30. The van der Waals surface area contributed by atoms with Gasteiger partial charge in [0.1, 0.15) is 5.75 Å². The predicted octanol–water partition coefficient (Wildman–Crippen LogP) is 2.57. The molecule has 2 rings (SSSR count). The van der Waals surface area contributed by atoms with Crippen LogP contribution in [-0.2, 0) is 11.3 Å². The van der Waals surface area contributed by atoms with Crippen molar-refractivity contribution >= 4 is 17.6 Å². The maximum atomic E-state index is 11.8. The molecule has 0 aliphatic carbocycles. The molecule has 0 aliphatic heterocycles. The number of carbonyl (C=O) groups is 2. The topological polar surface area (TPSA) is 93.4 Å². The van der Waals surface area contributed by atoms with Gasteiger partial charge in [0, 0.05) is 12.2 Å². The number of nitrogens with one attached hydrogen (secondary N) is 2. The monoisotopic (exact) mass is 327 g/mol. The molecule has 0 heterocycles. The highest BCUT2D eigenvalue weighted by atomic mass is 16.5. The summed E-state index contributed by atoms with van der Waals surface area (Å²) in [4.78, 5) is 22.6. The minimum atomic E-state index is -0.607. The molecule has 2 aromatic rings. The molecule has 0 bridgehead atoms. The minimum Gasteiger partial charge on any atom is -0.493 e. The van der Waals surface area contributed by atoms with Crippen molar-refractivity contribution in [3.63, 3.8) is 0 Å². The largest absolute Gasteiger partial charge is 0.493 e. The van der Waals surface area contributed by atoms with E-state index in [4.69, 9.17) is 10.5 Å². The van der Waals surface area contributed by atoms with E-state index >= 15 is 0 Å². The van der Waals surface area contributed by atoms with Crippen molar-refractivity contribution in [2.24, 2.45) is 5.73 Å². The fraction of sp³-hybridized carbons (Fsp3) is 0.222. The van der Waals surface area contributed by atoms with Crippen LogP contribution >= 0.6 is 0 Å². The van der Waals surface area contributed by atoms with Gasteiger partial charge in [0.25, 0.3) is 0 Å². The second-order valence-electron chi connectivity index (χ2n) is 5.38. The summed E-state index contributed by atoms with van der Waals surface area (Å²) in [6.45, 7) is 2.74. The third-order valence-electron chi connectivity index (χ3n) is 3.30. The maximum absolute atomic E-state index is 11.8. The molecule has 126 valence electrons. The van der Waals surface area contributed by atoms with Crippen LogP contribution in [0.3, 0.4) is 0 Å². The molecule has 0 saturated carbocycles. The van der Waals surface area contributed by atoms with Crippen LogP contribution in [0.25, 0.3) is 0 Å². The summed E-state index contributed by atoms with van der Waals surface area (Å²) in [5.41, 5.74) is 7.70. The summed E-state index contributed by atoms with van der Waals surface area (Å²) in [6.07, 6.45) is 0.287. The summed E-state index contributed by atoms with van der Waals surface area (Å²) in [7, 11) is 0. The normalized spacial score (nSPS) is 10.0. The number of hydrogen-bond donors (Lipinski definition) is 3. The van der Waals surface area contributed by atoms with Crippen molar-refractivity contribution in [2.75, 3.05) is 11.9 Å². The fourth-order valence-corrected chi connectivity index (χ4v) is 2.10. The van der Waals surface area contributed by atoms with Crippen molar-refractivity contribution in [3.8, 4) is 5.75 Å². The predicted molar refractivity (Wildman–Crippen MR) is 92.8 cm³/mol. The zero-order valence-corrected chi connectivity index (χ0v) is 13.5. The Kier molecular flexibility index (Phi) is 6.19. The number of hydrogen-bond acceptors (Lipinski definition) is 3. The average molecular weight is 327 g/mol. The summed E-state index contributed by atoms with van der Waals surface area (Å²) < 4.78 is 5.55. The van der Waals surface area contributed by atoms with Gasteiger partial charge in [0.05, 0.1) is 13.0 Å². The molecule has 6 heteroatoms. The lowest BCUT2D eigenvalue weighted by Gasteiger charge is -2.08. The standard InChI is InChI=1S/C18H21N3O3/c1-13-3-2-4-16(11-13)24-10-9-17(22)20-12-14-5-7-15(8-6-14)21-18(19)23/h2-8,11H,9-10,12H2,1H3,(H,20,22)(H3,19,21,23). The van der Waals surface area contributed by atoms with E-state index in [1.807, 2.05) is 43.3 Å². The Balaban J connectivity index is 1.70. The van der Waals surface area contributed by atoms with Gasteiger partial charge >= 0.3 is 6.03 Å². The van der Waals surface area contributed by atoms with Gasteiger partial charge in [0.2, 0.25) is 5.91 Å². The van der Waals surface area contributed by atoms with Crippen LogP contribution in [0.15, 0.2) is 48.5 Å². The zero-order chi connectivity index (χ0) is 17.4. The van der Waals surface area contributed by atoms with E-state index in [1.54, 1.807) is 12.1 Å². The SMILES string of the molecule is Cc1cccc(OCCC(=O)NCc2ccc(NC(N)=O)cc2)c1. The zero-order valence-electron chi connectivity index (χ0n) is 13.5. The number of benzene rings is 2. The highest BCUT2D eigenvalue weighted by Gasteiger charge is 2.03. The van der Waals surface area contributed by atoms with Crippen molar-refractivity contribution in [1.82, 2.24) is 5.32 Å². The molecule has 24 heavy (non-hydrogen) atoms. The smallest absolute Gasteiger partial charge is 0.316 e. The van der Waals surface area contributed by atoms with E-state index in [0.717, 1.165) is 16.9 Å².